The van der Waals surface area contributed by atoms with Crippen LogP contribution in [0, 0.1) is 0 Å². The van der Waals surface area contributed by atoms with Crippen LogP contribution in [0.15, 0.2) is 24.5 Å². The summed E-state index contributed by atoms with van der Waals surface area (Å²) in [5, 5.41) is 3.35. The van der Waals surface area contributed by atoms with E-state index in [1.54, 1.807) is 0 Å². The van der Waals surface area contributed by atoms with Crippen molar-refractivity contribution in [2.24, 2.45) is 0 Å². The number of hydrogen-bond donors (Lipinski definition) is 1. The predicted octanol–water partition coefficient (Wildman–Crippen LogP) is 2.50. The van der Waals surface area contributed by atoms with Crippen LogP contribution in [0.1, 0.15) is 37.7 Å². The average Bonchev–Trinajstić information content (AvgIpc) is 2.32. The summed E-state index contributed by atoms with van der Waals surface area (Å²) in [7, 11) is 2.05. The number of rotatable bonds is 3. The van der Waals surface area contributed by atoms with Gasteiger partial charge in [0.1, 0.15) is 0 Å². The van der Waals surface area contributed by atoms with E-state index in [9.17, 15) is 0 Å². The second-order valence-electron chi connectivity index (χ2n) is 4.61. The highest BCUT2D eigenvalue weighted by Crippen LogP contribution is 2.38. The quantitative estimate of drug-likeness (QED) is 0.818. The fraction of sp³-hybridized carbons (Fsp3) is 0.615. The molecule has 0 amide bonds. The highest BCUT2D eigenvalue weighted by Gasteiger charge is 2.33. The Hall–Kier alpha value is -0.890. The Balaban J connectivity index is 2.25. The van der Waals surface area contributed by atoms with Gasteiger partial charge >= 0.3 is 0 Å². The van der Waals surface area contributed by atoms with E-state index >= 15 is 0 Å². The minimum atomic E-state index is 0.348. The lowest BCUT2D eigenvalue weighted by atomic mass is 9.70. The second kappa shape index (κ2) is 4.75. The van der Waals surface area contributed by atoms with Crippen LogP contribution in [0.25, 0.3) is 0 Å². The van der Waals surface area contributed by atoms with E-state index in [0.717, 1.165) is 6.54 Å². The number of pyridine rings is 1. The summed E-state index contributed by atoms with van der Waals surface area (Å²) in [4.78, 5) is 4.26. The van der Waals surface area contributed by atoms with Crippen molar-refractivity contribution in [1.82, 2.24) is 10.3 Å². The molecule has 1 heterocycles. The van der Waals surface area contributed by atoms with Gasteiger partial charge in [0, 0.05) is 24.4 Å². The fourth-order valence-corrected chi connectivity index (χ4v) is 2.81. The number of likely N-dealkylation sites (N-methyl/N-ethyl adjacent to an activating group) is 1. The Bertz CT molecular complexity index is 283. The molecular weight excluding hydrogens is 184 g/mol. The molecule has 0 aliphatic heterocycles. The van der Waals surface area contributed by atoms with Gasteiger partial charge in [-0.2, -0.15) is 0 Å². The maximum Gasteiger partial charge on any atom is 0.0306 e. The van der Waals surface area contributed by atoms with Gasteiger partial charge < -0.3 is 5.32 Å². The van der Waals surface area contributed by atoms with Crippen molar-refractivity contribution >= 4 is 0 Å². The van der Waals surface area contributed by atoms with Gasteiger partial charge in [-0.3, -0.25) is 4.98 Å². The van der Waals surface area contributed by atoms with Crippen LogP contribution >= 0.6 is 0 Å². The van der Waals surface area contributed by atoms with Gasteiger partial charge in [0.05, 0.1) is 0 Å². The molecule has 0 atom stereocenters. The number of nitrogens with one attached hydrogen (secondary N) is 1. The summed E-state index contributed by atoms with van der Waals surface area (Å²) >= 11 is 0. The molecule has 2 rings (SSSR count). The summed E-state index contributed by atoms with van der Waals surface area (Å²) in [6.45, 7) is 1.08. The standard InChI is InChI=1S/C13H20N2/c1-14-11-13(7-3-2-4-8-13)12-6-5-9-15-10-12/h5-6,9-10,14H,2-4,7-8,11H2,1H3. The van der Waals surface area contributed by atoms with Crippen LogP contribution < -0.4 is 5.32 Å². The Kier molecular flexibility index (Phi) is 3.37. The molecule has 2 heteroatoms. The van der Waals surface area contributed by atoms with Crippen LogP contribution in [0.5, 0.6) is 0 Å². The minimum absolute atomic E-state index is 0.348. The van der Waals surface area contributed by atoms with Gasteiger partial charge in [-0.05, 0) is 31.5 Å². The van der Waals surface area contributed by atoms with Crippen LogP contribution in [-0.4, -0.2) is 18.6 Å². The molecule has 2 nitrogen and oxygen atoms in total. The maximum atomic E-state index is 4.26. The van der Waals surface area contributed by atoms with E-state index in [4.69, 9.17) is 0 Å². The molecule has 1 aliphatic rings. The zero-order valence-corrected chi connectivity index (χ0v) is 9.50. The Morgan fingerprint density at radius 1 is 1.33 bits per heavy atom. The lowest BCUT2D eigenvalue weighted by Crippen LogP contribution is -2.38. The minimum Gasteiger partial charge on any atom is -0.319 e. The van der Waals surface area contributed by atoms with Gasteiger partial charge in [0.25, 0.3) is 0 Å². The van der Waals surface area contributed by atoms with Crippen molar-refractivity contribution in [3.8, 4) is 0 Å². The average molecular weight is 204 g/mol. The van der Waals surface area contributed by atoms with E-state index in [0.29, 0.717) is 5.41 Å². The molecule has 1 aromatic heterocycles. The van der Waals surface area contributed by atoms with Crippen molar-refractivity contribution in [3.05, 3.63) is 30.1 Å². The molecule has 0 saturated heterocycles. The van der Waals surface area contributed by atoms with E-state index in [1.165, 1.54) is 37.7 Å². The lowest BCUT2D eigenvalue weighted by Gasteiger charge is -2.37. The Morgan fingerprint density at radius 3 is 2.73 bits per heavy atom. The monoisotopic (exact) mass is 204 g/mol. The summed E-state index contributed by atoms with van der Waals surface area (Å²) < 4.78 is 0. The first-order valence-electron chi connectivity index (χ1n) is 5.92. The van der Waals surface area contributed by atoms with Crippen LogP contribution in [0.3, 0.4) is 0 Å². The van der Waals surface area contributed by atoms with Gasteiger partial charge in [-0.15, -0.1) is 0 Å². The molecule has 1 saturated carbocycles. The van der Waals surface area contributed by atoms with Gasteiger partial charge in [-0.25, -0.2) is 0 Å². The molecular formula is C13H20N2. The largest absolute Gasteiger partial charge is 0.319 e. The van der Waals surface area contributed by atoms with Crippen LogP contribution in [0.2, 0.25) is 0 Å². The van der Waals surface area contributed by atoms with Crippen molar-refractivity contribution in [1.29, 1.82) is 0 Å². The fourth-order valence-electron chi connectivity index (χ4n) is 2.81. The summed E-state index contributed by atoms with van der Waals surface area (Å²) in [6, 6.07) is 4.29. The third kappa shape index (κ3) is 2.20. The van der Waals surface area contributed by atoms with E-state index in [-0.39, 0.29) is 0 Å². The Labute approximate surface area is 92.1 Å². The normalized spacial score (nSPS) is 20.1. The highest BCUT2D eigenvalue weighted by atomic mass is 14.8. The third-order valence-corrected chi connectivity index (χ3v) is 3.60. The number of nitrogens with zero attached hydrogens (tertiary/aromatic N) is 1. The van der Waals surface area contributed by atoms with Crippen molar-refractivity contribution in [2.75, 3.05) is 13.6 Å². The molecule has 82 valence electrons. The van der Waals surface area contributed by atoms with E-state index < -0.39 is 0 Å². The predicted molar refractivity (Wildman–Crippen MR) is 62.9 cm³/mol. The van der Waals surface area contributed by atoms with Gasteiger partial charge in [-0.1, -0.05) is 25.3 Å². The second-order valence-corrected chi connectivity index (χ2v) is 4.61. The maximum absolute atomic E-state index is 4.26. The molecule has 0 bridgehead atoms. The first kappa shape index (κ1) is 10.6. The molecule has 1 aromatic rings. The van der Waals surface area contributed by atoms with E-state index in [2.05, 4.69) is 22.4 Å². The SMILES string of the molecule is CNCC1(c2cccnc2)CCCCC1. The molecule has 1 aliphatic carbocycles. The van der Waals surface area contributed by atoms with Crippen molar-refractivity contribution in [2.45, 2.75) is 37.5 Å². The lowest BCUT2D eigenvalue weighted by molar-refractivity contribution is 0.285. The molecule has 0 radical (unpaired) electrons. The summed E-state index contributed by atoms with van der Waals surface area (Å²) in [5.41, 5.74) is 1.76. The highest BCUT2D eigenvalue weighted by molar-refractivity contribution is 5.23. The summed E-state index contributed by atoms with van der Waals surface area (Å²) in [6.07, 6.45) is 10.6. The first-order valence-corrected chi connectivity index (χ1v) is 5.92. The molecule has 1 N–H and O–H groups in total. The molecule has 1 fully saturated rings. The Morgan fingerprint density at radius 2 is 2.13 bits per heavy atom. The molecule has 0 aromatic carbocycles. The van der Waals surface area contributed by atoms with Crippen LogP contribution in [0.4, 0.5) is 0 Å². The molecule has 15 heavy (non-hydrogen) atoms. The van der Waals surface area contributed by atoms with Gasteiger partial charge in [0.15, 0.2) is 0 Å². The van der Waals surface area contributed by atoms with Crippen LogP contribution in [-0.2, 0) is 5.41 Å². The zero-order chi connectivity index (χ0) is 10.6. The topological polar surface area (TPSA) is 24.9 Å². The molecule has 0 spiro atoms. The van der Waals surface area contributed by atoms with E-state index in [1.807, 2.05) is 19.4 Å². The third-order valence-electron chi connectivity index (χ3n) is 3.60. The van der Waals surface area contributed by atoms with Gasteiger partial charge in [0.2, 0.25) is 0 Å². The van der Waals surface area contributed by atoms with Crippen molar-refractivity contribution in [3.63, 3.8) is 0 Å². The number of hydrogen-bond acceptors (Lipinski definition) is 2. The summed E-state index contributed by atoms with van der Waals surface area (Å²) in [5.74, 6) is 0. The zero-order valence-electron chi connectivity index (χ0n) is 9.50. The smallest absolute Gasteiger partial charge is 0.0306 e. The first-order chi connectivity index (χ1) is 7.37. The number of aromatic nitrogens is 1. The van der Waals surface area contributed by atoms with Crippen molar-refractivity contribution < 1.29 is 0 Å². The molecule has 0 unspecified atom stereocenters.